The fourth-order valence-electron chi connectivity index (χ4n) is 5.32. The average molecular weight is 465 g/mol. The molecule has 0 bridgehead atoms. The SMILES string of the molecule is CC(CC(=O)O)NC(=O)CC1CCCCC1NC(=O)OCC1c2ccccc2-c2ccccc21. The maximum atomic E-state index is 12.7. The maximum absolute atomic E-state index is 12.7. The van der Waals surface area contributed by atoms with E-state index in [0.717, 1.165) is 25.7 Å². The lowest BCUT2D eigenvalue weighted by molar-refractivity contribution is -0.137. The highest BCUT2D eigenvalue weighted by atomic mass is 16.5. The monoisotopic (exact) mass is 464 g/mol. The molecule has 0 aliphatic heterocycles. The minimum absolute atomic E-state index is 0.00167. The van der Waals surface area contributed by atoms with Crippen molar-refractivity contribution < 1.29 is 24.2 Å². The third kappa shape index (κ3) is 5.58. The molecule has 0 spiro atoms. The van der Waals surface area contributed by atoms with Crippen molar-refractivity contribution in [3.8, 4) is 11.1 Å². The normalized spacial score (nSPS) is 20.0. The van der Waals surface area contributed by atoms with Crippen molar-refractivity contribution in [1.82, 2.24) is 10.6 Å². The Morgan fingerprint density at radius 1 is 1.00 bits per heavy atom. The topological polar surface area (TPSA) is 105 Å². The van der Waals surface area contributed by atoms with E-state index in [2.05, 4.69) is 34.9 Å². The molecule has 2 aromatic carbocycles. The molecule has 34 heavy (non-hydrogen) atoms. The van der Waals surface area contributed by atoms with E-state index in [1.165, 1.54) is 22.3 Å². The van der Waals surface area contributed by atoms with Crippen LogP contribution in [0, 0.1) is 5.92 Å². The Kier molecular flexibility index (Phi) is 7.50. The number of carbonyl (C=O) groups is 3. The molecule has 7 nitrogen and oxygen atoms in total. The number of amides is 2. The number of hydrogen-bond acceptors (Lipinski definition) is 4. The summed E-state index contributed by atoms with van der Waals surface area (Å²) in [6.45, 7) is 1.93. The molecule has 0 aromatic heterocycles. The fraction of sp³-hybridized carbons (Fsp3) is 0.444. The zero-order chi connectivity index (χ0) is 24.1. The summed E-state index contributed by atoms with van der Waals surface area (Å²) >= 11 is 0. The Hall–Kier alpha value is -3.35. The molecule has 2 aliphatic carbocycles. The van der Waals surface area contributed by atoms with E-state index < -0.39 is 18.1 Å². The molecule has 0 heterocycles. The number of rotatable bonds is 8. The molecule has 2 aliphatic rings. The van der Waals surface area contributed by atoms with Crippen LogP contribution in [-0.2, 0) is 14.3 Å². The molecule has 3 atom stereocenters. The first-order chi connectivity index (χ1) is 16.4. The third-order valence-electron chi connectivity index (χ3n) is 6.89. The molecule has 1 saturated carbocycles. The number of benzene rings is 2. The Labute approximate surface area is 199 Å². The Morgan fingerprint density at radius 2 is 1.62 bits per heavy atom. The minimum Gasteiger partial charge on any atom is -0.481 e. The molecule has 3 unspecified atom stereocenters. The second-order valence-electron chi connectivity index (χ2n) is 9.39. The van der Waals surface area contributed by atoms with Crippen molar-refractivity contribution in [3.63, 3.8) is 0 Å². The molecular formula is C27H32N2O5. The minimum atomic E-state index is -0.944. The number of nitrogens with one attached hydrogen (secondary N) is 2. The highest BCUT2D eigenvalue weighted by molar-refractivity contribution is 5.79. The van der Waals surface area contributed by atoms with E-state index in [-0.39, 0.29) is 43.2 Å². The van der Waals surface area contributed by atoms with E-state index in [4.69, 9.17) is 9.84 Å². The molecule has 2 amide bonds. The summed E-state index contributed by atoms with van der Waals surface area (Å²) in [7, 11) is 0. The number of carboxylic acid groups (broad SMARTS) is 1. The summed E-state index contributed by atoms with van der Waals surface area (Å²) in [6.07, 6.45) is 3.32. The van der Waals surface area contributed by atoms with Gasteiger partial charge in [0.15, 0.2) is 0 Å². The number of aliphatic carboxylic acids is 1. The van der Waals surface area contributed by atoms with Crippen LogP contribution in [0.5, 0.6) is 0 Å². The second kappa shape index (κ2) is 10.7. The van der Waals surface area contributed by atoms with Crippen LogP contribution in [0.2, 0.25) is 0 Å². The number of carbonyl (C=O) groups excluding carboxylic acids is 2. The Morgan fingerprint density at radius 3 is 2.26 bits per heavy atom. The van der Waals surface area contributed by atoms with Gasteiger partial charge in [0.05, 0.1) is 6.42 Å². The van der Waals surface area contributed by atoms with Crippen LogP contribution >= 0.6 is 0 Å². The molecule has 2 aromatic rings. The lowest BCUT2D eigenvalue weighted by Gasteiger charge is -2.32. The van der Waals surface area contributed by atoms with Crippen LogP contribution in [-0.4, -0.2) is 41.8 Å². The van der Waals surface area contributed by atoms with Crippen molar-refractivity contribution in [3.05, 3.63) is 59.7 Å². The van der Waals surface area contributed by atoms with Gasteiger partial charge in [-0.2, -0.15) is 0 Å². The van der Waals surface area contributed by atoms with Crippen molar-refractivity contribution in [1.29, 1.82) is 0 Å². The number of ether oxygens (including phenoxy) is 1. The molecule has 180 valence electrons. The van der Waals surface area contributed by atoms with E-state index in [9.17, 15) is 14.4 Å². The van der Waals surface area contributed by atoms with Crippen LogP contribution in [0.4, 0.5) is 4.79 Å². The molecule has 0 saturated heterocycles. The summed E-state index contributed by atoms with van der Waals surface area (Å²) in [5.74, 6) is -1.12. The quantitative estimate of drug-likeness (QED) is 0.535. The second-order valence-corrected chi connectivity index (χ2v) is 9.39. The highest BCUT2D eigenvalue weighted by Crippen LogP contribution is 2.44. The van der Waals surface area contributed by atoms with E-state index in [0.29, 0.717) is 0 Å². The van der Waals surface area contributed by atoms with Gasteiger partial charge >= 0.3 is 12.1 Å². The summed E-state index contributed by atoms with van der Waals surface area (Å²) < 4.78 is 5.69. The molecule has 4 rings (SSSR count). The first-order valence-corrected chi connectivity index (χ1v) is 12.0. The fourth-order valence-corrected chi connectivity index (χ4v) is 5.32. The molecular weight excluding hydrogens is 432 g/mol. The number of carboxylic acids is 1. The van der Waals surface area contributed by atoms with Gasteiger partial charge < -0.3 is 20.5 Å². The largest absolute Gasteiger partial charge is 0.481 e. The lowest BCUT2D eigenvalue weighted by atomic mass is 9.82. The molecule has 1 fully saturated rings. The van der Waals surface area contributed by atoms with Gasteiger partial charge in [0.2, 0.25) is 5.91 Å². The first-order valence-electron chi connectivity index (χ1n) is 12.0. The first kappa shape index (κ1) is 23.8. The number of alkyl carbamates (subject to hydrolysis) is 1. The van der Waals surface area contributed by atoms with Gasteiger partial charge in [0, 0.05) is 24.4 Å². The smallest absolute Gasteiger partial charge is 0.407 e. The van der Waals surface area contributed by atoms with Gasteiger partial charge in [0.1, 0.15) is 6.61 Å². The lowest BCUT2D eigenvalue weighted by Crippen LogP contribution is -2.45. The van der Waals surface area contributed by atoms with Crippen LogP contribution in [0.1, 0.15) is 62.5 Å². The van der Waals surface area contributed by atoms with E-state index in [1.807, 2.05) is 24.3 Å². The molecule has 0 radical (unpaired) electrons. The number of hydrogen-bond donors (Lipinski definition) is 3. The van der Waals surface area contributed by atoms with Gasteiger partial charge in [-0.3, -0.25) is 9.59 Å². The van der Waals surface area contributed by atoms with Crippen molar-refractivity contribution in [2.45, 2.75) is 63.5 Å². The van der Waals surface area contributed by atoms with E-state index >= 15 is 0 Å². The third-order valence-corrected chi connectivity index (χ3v) is 6.89. The van der Waals surface area contributed by atoms with Crippen LogP contribution in [0.15, 0.2) is 48.5 Å². The van der Waals surface area contributed by atoms with Gasteiger partial charge in [-0.1, -0.05) is 61.4 Å². The van der Waals surface area contributed by atoms with Gasteiger partial charge in [-0.05, 0) is 47.9 Å². The average Bonchev–Trinajstić information content (AvgIpc) is 3.12. The van der Waals surface area contributed by atoms with Crippen LogP contribution in [0.25, 0.3) is 11.1 Å². The van der Waals surface area contributed by atoms with Crippen LogP contribution < -0.4 is 10.6 Å². The number of fused-ring (bicyclic) bond motifs is 3. The van der Waals surface area contributed by atoms with Gasteiger partial charge in [-0.25, -0.2) is 4.79 Å². The summed E-state index contributed by atoms with van der Waals surface area (Å²) in [4.78, 5) is 36.0. The van der Waals surface area contributed by atoms with Gasteiger partial charge in [-0.15, -0.1) is 0 Å². The van der Waals surface area contributed by atoms with Crippen molar-refractivity contribution >= 4 is 18.0 Å². The summed E-state index contributed by atoms with van der Waals surface area (Å²) in [5.41, 5.74) is 4.70. The summed E-state index contributed by atoms with van der Waals surface area (Å²) in [5, 5.41) is 14.6. The van der Waals surface area contributed by atoms with Crippen molar-refractivity contribution in [2.75, 3.05) is 6.61 Å². The van der Waals surface area contributed by atoms with Gasteiger partial charge in [0.25, 0.3) is 0 Å². The molecule has 3 N–H and O–H groups in total. The van der Waals surface area contributed by atoms with Crippen LogP contribution in [0.3, 0.4) is 0 Å². The Balaban J connectivity index is 1.33. The zero-order valence-electron chi connectivity index (χ0n) is 19.5. The zero-order valence-corrected chi connectivity index (χ0v) is 19.5. The van der Waals surface area contributed by atoms with Crippen molar-refractivity contribution in [2.24, 2.45) is 5.92 Å². The standard InChI is InChI=1S/C27H32N2O5/c1-17(14-26(31)32)28-25(30)15-18-8-2-7-13-24(18)29-27(33)34-16-23-21-11-5-3-9-19(21)20-10-4-6-12-22(20)23/h3-6,9-12,17-18,23-24H,2,7-8,13-16H2,1H3,(H,28,30)(H,29,33)(H,31,32). The Bertz CT molecular complexity index is 1010. The summed E-state index contributed by atoms with van der Waals surface area (Å²) in [6, 6.07) is 15.9. The molecule has 7 heteroatoms. The van der Waals surface area contributed by atoms with E-state index in [1.54, 1.807) is 6.92 Å². The predicted molar refractivity (Wildman–Crippen MR) is 128 cm³/mol. The highest BCUT2D eigenvalue weighted by Gasteiger charge is 2.31. The predicted octanol–water partition coefficient (Wildman–Crippen LogP) is 4.45. The maximum Gasteiger partial charge on any atom is 0.407 e.